The predicted molar refractivity (Wildman–Crippen MR) is 60.6 cm³/mol. The number of hydrogen-bond donors (Lipinski definition) is 1. The number of aliphatic hydroxyl groups is 1. The Bertz CT molecular complexity index is 434. The van der Waals surface area contributed by atoms with Gasteiger partial charge in [-0.2, -0.15) is 5.10 Å². The summed E-state index contributed by atoms with van der Waals surface area (Å²) in [5.41, 5.74) is -0.0921. The highest BCUT2D eigenvalue weighted by Gasteiger charge is 2.23. The molecule has 0 aromatic rings. The van der Waals surface area contributed by atoms with Crippen molar-refractivity contribution in [3.05, 3.63) is 35.6 Å². The van der Waals surface area contributed by atoms with Crippen LogP contribution in [0.2, 0.25) is 0 Å². The highest BCUT2D eigenvalue weighted by atomic mass is 19.1. The molecule has 0 aliphatic carbocycles. The van der Waals surface area contributed by atoms with Crippen molar-refractivity contribution in [2.75, 3.05) is 6.61 Å². The van der Waals surface area contributed by atoms with E-state index in [9.17, 15) is 14.3 Å². The number of hydrogen-bond acceptors (Lipinski definition) is 5. The van der Waals surface area contributed by atoms with Crippen molar-refractivity contribution >= 4 is 12.2 Å². The van der Waals surface area contributed by atoms with Gasteiger partial charge in [0.15, 0.2) is 5.76 Å². The molecule has 0 saturated carbocycles. The first-order valence-electron chi connectivity index (χ1n) is 4.94. The van der Waals surface area contributed by atoms with Crippen LogP contribution in [0.15, 0.2) is 40.7 Å². The van der Waals surface area contributed by atoms with Crippen LogP contribution in [0.4, 0.5) is 4.39 Å². The Balaban J connectivity index is 2.97. The second-order valence-corrected chi connectivity index (χ2v) is 3.23. The SMILES string of the molecule is C=C1C(O)=C(C(=O)OCC)C=NN1/C=C(\C)F. The summed E-state index contributed by atoms with van der Waals surface area (Å²) in [6.07, 6.45) is 2.14. The van der Waals surface area contributed by atoms with Gasteiger partial charge in [0.2, 0.25) is 0 Å². The molecule has 0 radical (unpaired) electrons. The van der Waals surface area contributed by atoms with Gasteiger partial charge in [0.05, 0.1) is 19.0 Å². The molecule has 1 aliphatic rings. The van der Waals surface area contributed by atoms with E-state index in [1.807, 2.05) is 0 Å². The second kappa shape index (κ2) is 5.29. The Morgan fingerprint density at radius 3 is 2.94 bits per heavy atom. The van der Waals surface area contributed by atoms with E-state index in [4.69, 9.17) is 4.74 Å². The van der Waals surface area contributed by atoms with Gasteiger partial charge in [0.1, 0.15) is 17.1 Å². The van der Waals surface area contributed by atoms with E-state index in [1.54, 1.807) is 6.92 Å². The summed E-state index contributed by atoms with van der Waals surface area (Å²) in [4.78, 5) is 11.4. The van der Waals surface area contributed by atoms with Gasteiger partial charge in [0, 0.05) is 0 Å². The molecule has 1 N–H and O–H groups in total. The molecule has 17 heavy (non-hydrogen) atoms. The quantitative estimate of drug-likeness (QED) is 0.766. The van der Waals surface area contributed by atoms with Gasteiger partial charge in [-0.15, -0.1) is 0 Å². The normalized spacial score (nSPS) is 16.5. The molecule has 1 aliphatic heterocycles. The topological polar surface area (TPSA) is 62.1 Å². The van der Waals surface area contributed by atoms with E-state index in [-0.39, 0.29) is 23.6 Å². The Morgan fingerprint density at radius 2 is 2.41 bits per heavy atom. The van der Waals surface area contributed by atoms with Gasteiger partial charge in [-0.25, -0.2) is 14.2 Å². The van der Waals surface area contributed by atoms with Crippen molar-refractivity contribution in [3.63, 3.8) is 0 Å². The average Bonchev–Trinajstić information content (AvgIpc) is 2.24. The van der Waals surface area contributed by atoms with Crippen molar-refractivity contribution < 1.29 is 19.0 Å². The van der Waals surface area contributed by atoms with Gasteiger partial charge in [-0.05, 0) is 13.8 Å². The Labute approximate surface area is 98.2 Å². The van der Waals surface area contributed by atoms with Crippen molar-refractivity contribution in [1.29, 1.82) is 0 Å². The van der Waals surface area contributed by atoms with E-state index in [0.29, 0.717) is 0 Å². The number of aliphatic hydroxyl groups excluding tert-OH is 1. The monoisotopic (exact) mass is 240 g/mol. The molecular formula is C11H13FN2O3. The fourth-order valence-electron chi connectivity index (χ4n) is 1.15. The lowest BCUT2D eigenvalue weighted by molar-refractivity contribution is -0.138. The minimum absolute atomic E-state index is 0.00699. The summed E-state index contributed by atoms with van der Waals surface area (Å²) < 4.78 is 17.4. The number of carbonyl (C=O) groups is 1. The van der Waals surface area contributed by atoms with E-state index >= 15 is 0 Å². The largest absolute Gasteiger partial charge is 0.505 e. The smallest absolute Gasteiger partial charge is 0.343 e. The molecule has 1 heterocycles. The first-order valence-corrected chi connectivity index (χ1v) is 4.94. The van der Waals surface area contributed by atoms with Crippen molar-refractivity contribution in [2.45, 2.75) is 13.8 Å². The number of nitrogens with zero attached hydrogens (tertiary/aromatic N) is 2. The molecule has 0 bridgehead atoms. The number of rotatable bonds is 3. The van der Waals surface area contributed by atoms with Crippen LogP contribution in [0.5, 0.6) is 0 Å². The van der Waals surface area contributed by atoms with E-state index < -0.39 is 11.8 Å². The molecule has 0 aromatic carbocycles. The Kier molecular flexibility index (Phi) is 4.03. The van der Waals surface area contributed by atoms with Gasteiger partial charge in [0.25, 0.3) is 0 Å². The van der Waals surface area contributed by atoms with Gasteiger partial charge < -0.3 is 9.84 Å². The minimum atomic E-state index is -0.699. The molecule has 0 amide bonds. The lowest BCUT2D eigenvalue weighted by Gasteiger charge is -2.21. The number of hydrazone groups is 1. The Hall–Kier alpha value is -2.11. The van der Waals surface area contributed by atoms with Gasteiger partial charge >= 0.3 is 5.97 Å². The van der Waals surface area contributed by atoms with Gasteiger partial charge in [-0.1, -0.05) is 6.58 Å². The zero-order chi connectivity index (χ0) is 13.0. The van der Waals surface area contributed by atoms with Crippen LogP contribution < -0.4 is 0 Å². The standard InChI is InChI=1S/C11H13FN2O3/c1-4-17-11(16)9-5-13-14(6-7(2)12)8(3)10(9)15/h5-6,15H,3-4H2,1-2H3/b7-6+. The highest BCUT2D eigenvalue weighted by molar-refractivity contribution is 6.10. The van der Waals surface area contributed by atoms with Crippen LogP contribution in [-0.4, -0.2) is 28.9 Å². The number of halogens is 1. The molecule has 92 valence electrons. The van der Waals surface area contributed by atoms with E-state index in [1.165, 1.54) is 6.92 Å². The third-order valence-corrected chi connectivity index (χ3v) is 1.91. The average molecular weight is 240 g/mol. The second-order valence-electron chi connectivity index (χ2n) is 3.23. The summed E-state index contributed by atoms with van der Waals surface area (Å²) in [7, 11) is 0. The fourth-order valence-corrected chi connectivity index (χ4v) is 1.15. The van der Waals surface area contributed by atoms with Crippen LogP contribution >= 0.6 is 0 Å². The molecule has 0 fully saturated rings. The third-order valence-electron chi connectivity index (χ3n) is 1.91. The fraction of sp³-hybridized carbons (Fsp3) is 0.273. The Morgan fingerprint density at radius 1 is 1.76 bits per heavy atom. The third kappa shape index (κ3) is 2.93. The number of esters is 1. The number of ether oxygens (including phenoxy) is 1. The van der Waals surface area contributed by atoms with E-state index in [2.05, 4.69) is 11.7 Å². The molecule has 0 unspecified atom stereocenters. The maximum Gasteiger partial charge on any atom is 0.343 e. The molecule has 0 saturated heterocycles. The molecule has 1 rings (SSSR count). The van der Waals surface area contributed by atoms with Gasteiger partial charge in [-0.3, -0.25) is 0 Å². The van der Waals surface area contributed by atoms with Crippen LogP contribution in [0, 0.1) is 0 Å². The summed E-state index contributed by atoms with van der Waals surface area (Å²) in [6, 6.07) is 0. The van der Waals surface area contributed by atoms with Crippen molar-refractivity contribution in [1.82, 2.24) is 5.01 Å². The van der Waals surface area contributed by atoms with Crippen molar-refractivity contribution in [2.24, 2.45) is 5.10 Å². The molecule has 0 atom stereocenters. The molecule has 0 spiro atoms. The lowest BCUT2D eigenvalue weighted by atomic mass is 10.2. The predicted octanol–water partition coefficient (Wildman–Crippen LogP) is 2.01. The van der Waals surface area contributed by atoms with Crippen molar-refractivity contribution in [3.8, 4) is 0 Å². The highest BCUT2D eigenvalue weighted by Crippen LogP contribution is 2.21. The maximum absolute atomic E-state index is 12.7. The van der Waals surface area contributed by atoms with Crippen LogP contribution in [0.25, 0.3) is 0 Å². The molecule has 5 nitrogen and oxygen atoms in total. The van der Waals surface area contributed by atoms with Crippen LogP contribution in [0.3, 0.4) is 0 Å². The number of allylic oxidation sites excluding steroid dienone is 1. The summed E-state index contributed by atoms with van der Waals surface area (Å²) >= 11 is 0. The first-order chi connectivity index (χ1) is 7.97. The zero-order valence-electron chi connectivity index (χ0n) is 9.61. The van der Waals surface area contributed by atoms with Crippen LogP contribution in [-0.2, 0) is 9.53 Å². The number of carbonyl (C=O) groups excluding carboxylic acids is 1. The maximum atomic E-state index is 12.7. The van der Waals surface area contributed by atoms with E-state index in [0.717, 1.165) is 17.4 Å². The molecule has 6 heteroatoms. The molecule has 0 aromatic heterocycles. The first kappa shape index (κ1) is 13.0. The lowest BCUT2D eigenvalue weighted by Crippen LogP contribution is -2.22. The summed E-state index contributed by atoms with van der Waals surface area (Å²) in [5, 5.41) is 14.5. The minimum Gasteiger partial charge on any atom is -0.505 e. The summed E-state index contributed by atoms with van der Waals surface area (Å²) in [6.45, 7) is 6.56. The summed E-state index contributed by atoms with van der Waals surface area (Å²) in [5.74, 6) is -1.58. The molecular weight excluding hydrogens is 227 g/mol. The zero-order valence-corrected chi connectivity index (χ0v) is 9.61. The van der Waals surface area contributed by atoms with Crippen LogP contribution in [0.1, 0.15) is 13.8 Å².